The molecule has 2 aromatic heterocycles. The van der Waals surface area contributed by atoms with Crippen molar-refractivity contribution in [2.75, 3.05) is 13.6 Å². The first kappa shape index (κ1) is 14.3. The van der Waals surface area contributed by atoms with Gasteiger partial charge in [-0.15, -0.1) is 11.3 Å². The van der Waals surface area contributed by atoms with Crippen LogP contribution in [0.3, 0.4) is 0 Å². The Morgan fingerprint density at radius 1 is 1.37 bits per heavy atom. The van der Waals surface area contributed by atoms with Gasteiger partial charge in [-0.1, -0.05) is 13.0 Å². The van der Waals surface area contributed by atoms with Crippen LogP contribution < -0.4 is 5.32 Å². The van der Waals surface area contributed by atoms with Crippen LogP contribution in [-0.4, -0.2) is 18.5 Å². The van der Waals surface area contributed by atoms with E-state index in [2.05, 4.69) is 54.7 Å². The lowest BCUT2D eigenvalue weighted by Crippen LogP contribution is -2.16. The Balaban J connectivity index is 1.91. The van der Waals surface area contributed by atoms with Gasteiger partial charge in [-0.25, -0.2) is 0 Å². The lowest BCUT2D eigenvalue weighted by Gasteiger charge is -2.13. The number of rotatable bonds is 7. The fourth-order valence-electron chi connectivity index (χ4n) is 2.07. The standard InChI is InChI=1S/C15H22N2OS/c1-4-16-9-15-12(2)8-13(18-15)10-17(3)11-14-6-5-7-19-14/h5-8,16H,4,9-11H2,1-3H3. The lowest BCUT2D eigenvalue weighted by atomic mass is 10.2. The van der Waals surface area contributed by atoms with E-state index in [9.17, 15) is 0 Å². The minimum absolute atomic E-state index is 0.816. The van der Waals surface area contributed by atoms with Gasteiger partial charge in [0.05, 0.1) is 13.1 Å². The average Bonchev–Trinajstić information content (AvgIpc) is 2.97. The molecule has 0 saturated heterocycles. The van der Waals surface area contributed by atoms with E-state index >= 15 is 0 Å². The van der Waals surface area contributed by atoms with Crippen molar-refractivity contribution < 1.29 is 4.42 Å². The molecule has 0 aromatic carbocycles. The van der Waals surface area contributed by atoms with Gasteiger partial charge < -0.3 is 9.73 Å². The number of nitrogens with zero attached hydrogens (tertiary/aromatic N) is 1. The van der Waals surface area contributed by atoms with Crippen LogP contribution in [0.2, 0.25) is 0 Å². The van der Waals surface area contributed by atoms with E-state index in [1.165, 1.54) is 10.4 Å². The van der Waals surface area contributed by atoms with Crippen molar-refractivity contribution in [2.45, 2.75) is 33.5 Å². The number of hydrogen-bond acceptors (Lipinski definition) is 4. The molecule has 0 unspecified atom stereocenters. The van der Waals surface area contributed by atoms with Crippen LogP contribution in [0.1, 0.15) is 28.9 Å². The maximum atomic E-state index is 5.91. The van der Waals surface area contributed by atoms with Crippen molar-refractivity contribution in [2.24, 2.45) is 0 Å². The molecule has 1 N–H and O–H groups in total. The molecule has 4 heteroatoms. The molecule has 0 saturated carbocycles. The molecule has 0 aliphatic rings. The van der Waals surface area contributed by atoms with E-state index in [-0.39, 0.29) is 0 Å². The van der Waals surface area contributed by atoms with E-state index in [1.807, 2.05) is 0 Å². The lowest BCUT2D eigenvalue weighted by molar-refractivity contribution is 0.284. The first-order valence-corrected chi connectivity index (χ1v) is 7.56. The maximum absolute atomic E-state index is 5.91. The smallest absolute Gasteiger partial charge is 0.120 e. The topological polar surface area (TPSA) is 28.4 Å². The SMILES string of the molecule is CCNCc1oc(CN(C)Cc2cccs2)cc1C. The van der Waals surface area contributed by atoms with E-state index in [0.717, 1.165) is 37.7 Å². The van der Waals surface area contributed by atoms with Gasteiger partial charge in [-0.2, -0.15) is 0 Å². The Morgan fingerprint density at radius 3 is 2.89 bits per heavy atom. The molecule has 0 aliphatic heterocycles. The van der Waals surface area contributed by atoms with Gasteiger partial charge in [0.2, 0.25) is 0 Å². The zero-order chi connectivity index (χ0) is 13.7. The van der Waals surface area contributed by atoms with Crippen LogP contribution in [0.5, 0.6) is 0 Å². The molecule has 0 amide bonds. The van der Waals surface area contributed by atoms with Crippen molar-refractivity contribution in [1.82, 2.24) is 10.2 Å². The third-order valence-electron chi connectivity index (χ3n) is 3.04. The maximum Gasteiger partial charge on any atom is 0.120 e. The largest absolute Gasteiger partial charge is 0.463 e. The number of furan rings is 1. The summed E-state index contributed by atoms with van der Waals surface area (Å²) in [7, 11) is 2.13. The molecule has 0 radical (unpaired) electrons. The van der Waals surface area contributed by atoms with Crippen LogP contribution >= 0.6 is 11.3 Å². The number of nitrogens with one attached hydrogen (secondary N) is 1. The Labute approximate surface area is 119 Å². The van der Waals surface area contributed by atoms with Gasteiger partial charge in [0.15, 0.2) is 0 Å². The summed E-state index contributed by atoms with van der Waals surface area (Å²) in [5, 5.41) is 5.42. The molecule has 0 fully saturated rings. The quantitative estimate of drug-likeness (QED) is 0.841. The fraction of sp³-hybridized carbons (Fsp3) is 0.467. The third-order valence-corrected chi connectivity index (χ3v) is 3.90. The second-order valence-electron chi connectivity index (χ2n) is 4.85. The summed E-state index contributed by atoms with van der Waals surface area (Å²) in [5.41, 5.74) is 1.24. The first-order chi connectivity index (χ1) is 9.19. The summed E-state index contributed by atoms with van der Waals surface area (Å²) >= 11 is 1.80. The number of aryl methyl sites for hydroxylation is 1. The van der Waals surface area contributed by atoms with Crippen LogP contribution in [0.4, 0.5) is 0 Å². The molecule has 2 aromatic rings. The van der Waals surface area contributed by atoms with Crippen molar-refractivity contribution in [1.29, 1.82) is 0 Å². The second kappa shape index (κ2) is 6.89. The van der Waals surface area contributed by atoms with Gasteiger partial charge >= 0.3 is 0 Å². The molecule has 0 spiro atoms. The average molecular weight is 278 g/mol. The van der Waals surface area contributed by atoms with Gasteiger partial charge in [-0.3, -0.25) is 4.90 Å². The monoisotopic (exact) mass is 278 g/mol. The fourth-order valence-corrected chi connectivity index (χ4v) is 2.86. The first-order valence-electron chi connectivity index (χ1n) is 6.69. The molecule has 0 aliphatic carbocycles. The van der Waals surface area contributed by atoms with E-state index < -0.39 is 0 Å². The van der Waals surface area contributed by atoms with Crippen LogP contribution in [0.15, 0.2) is 28.0 Å². The molecule has 0 bridgehead atoms. The molecule has 3 nitrogen and oxygen atoms in total. The molecule has 104 valence electrons. The molecular formula is C15H22N2OS. The minimum atomic E-state index is 0.816. The molecule has 19 heavy (non-hydrogen) atoms. The highest BCUT2D eigenvalue weighted by molar-refractivity contribution is 7.09. The highest BCUT2D eigenvalue weighted by Crippen LogP contribution is 2.18. The molecule has 2 rings (SSSR count). The third kappa shape index (κ3) is 4.20. The zero-order valence-electron chi connectivity index (χ0n) is 11.9. The Kier molecular flexibility index (Phi) is 5.19. The van der Waals surface area contributed by atoms with Gasteiger partial charge in [0.1, 0.15) is 11.5 Å². The van der Waals surface area contributed by atoms with Crippen LogP contribution in [0.25, 0.3) is 0 Å². The summed E-state index contributed by atoms with van der Waals surface area (Å²) in [6, 6.07) is 6.42. The number of hydrogen-bond donors (Lipinski definition) is 1. The predicted molar refractivity (Wildman–Crippen MR) is 80.3 cm³/mol. The van der Waals surface area contributed by atoms with Crippen LogP contribution in [-0.2, 0) is 19.6 Å². The molecule has 0 atom stereocenters. The number of thiophene rings is 1. The second-order valence-corrected chi connectivity index (χ2v) is 5.88. The Hall–Kier alpha value is -1.10. The Morgan fingerprint density at radius 2 is 2.21 bits per heavy atom. The van der Waals surface area contributed by atoms with E-state index in [1.54, 1.807) is 11.3 Å². The minimum Gasteiger partial charge on any atom is -0.463 e. The molecular weight excluding hydrogens is 256 g/mol. The summed E-state index contributed by atoms with van der Waals surface area (Å²) in [5.74, 6) is 2.10. The zero-order valence-corrected chi connectivity index (χ0v) is 12.7. The predicted octanol–water partition coefficient (Wildman–Crippen LogP) is 3.39. The summed E-state index contributed by atoms with van der Waals surface area (Å²) in [4.78, 5) is 3.67. The van der Waals surface area contributed by atoms with Crippen molar-refractivity contribution in [3.8, 4) is 0 Å². The summed E-state index contributed by atoms with van der Waals surface area (Å²) in [6.07, 6.45) is 0. The van der Waals surface area contributed by atoms with Gasteiger partial charge in [0, 0.05) is 11.4 Å². The van der Waals surface area contributed by atoms with Crippen LogP contribution in [0, 0.1) is 6.92 Å². The van der Waals surface area contributed by atoms with Crippen molar-refractivity contribution >= 4 is 11.3 Å². The molecule has 2 heterocycles. The van der Waals surface area contributed by atoms with E-state index in [4.69, 9.17) is 4.42 Å². The van der Waals surface area contributed by atoms with Gasteiger partial charge in [0.25, 0.3) is 0 Å². The highest BCUT2D eigenvalue weighted by Gasteiger charge is 2.09. The van der Waals surface area contributed by atoms with Crippen molar-refractivity contribution in [3.63, 3.8) is 0 Å². The van der Waals surface area contributed by atoms with E-state index in [0.29, 0.717) is 0 Å². The van der Waals surface area contributed by atoms with Gasteiger partial charge in [-0.05, 0) is 43.6 Å². The summed E-state index contributed by atoms with van der Waals surface area (Å²) in [6.45, 7) is 7.82. The van der Waals surface area contributed by atoms with Crippen molar-refractivity contribution in [3.05, 3.63) is 45.5 Å². The summed E-state index contributed by atoms with van der Waals surface area (Å²) < 4.78 is 5.91. The highest BCUT2D eigenvalue weighted by atomic mass is 32.1. The normalized spacial score (nSPS) is 11.4. The Bertz CT molecular complexity index is 490.